The summed E-state index contributed by atoms with van der Waals surface area (Å²) in [7, 11) is 0. The monoisotopic (exact) mass is 474 g/mol. The van der Waals surface area contributed by atoms with E-state index < -0.39 is 46.5 Å². The van der Waals surface area contributed by atoms with Gasteiger partial charge in [-0.1, -0.05) is 42.3 Å². The highest BCUT2D eigenvalue weighted by atomic mass is 32.2. The smallest absolute Gasteiger partial charge is 0.224 e. The van der Waals surface area contributed by atoms with Crippen LogP contribution in [0.2, 0.25) is 0 Å². The van der Waals surface area contributed by atoms with Crippen LogP contribution in [0.3, 0.4) is 0 Å². The average Bonchev–Trinajstić information content (AvgIpc) is 2.77. The number of benzene rings is 2. The Bertz CT molecular complexity index is 1080. The standard InChI is InChI=1S/C24H24F2N2O4S/c1-13-22(31)23(32)24(14-5-3-2-4-6-14)33-28(13)12-16-8-19(25)15(7-20(16)26)9-21(30)27-17-10-18(29)11-17/h2-8,13,17-18,24,29H,9-12H2,1H3,(H,27,30)/t13-,17?,18?,24+/m0/s1. The van der Waals surface area contributed by atoms with Gasteiger partial charge in [0.15, 0.2) is 0 Å². The maximum absolute atomic E-state index is 14.8. The van der Waals surface area contributed by atoms with Crippen LogP contribution in [-0.4, -0.2) is 45.1 Å². The number of hydrogen-bond donors (Lipinski definition) is 2. The zero-order valence-corrected chi connectivity index (χ0v) is 18.8. The lowest BCUT2D eigenvalue weighted by molar-refractivity contribution is -0.139. The fourth-order valence-corrected chi connectivity index (χ4v) is 5.22. The van der Waals surface area contributed by atoms with E-state index in [1.807, 2.05) is 0 Å². The summed E-state index contributed by atoms with van der Waals surface area (Å²) in [6, 6.07) is 9.96. The third-order valence-electron chi connectivity index (χ3n) is 6.01. The van der Waals surface area contributed by atoms with Gasteiger partial charge in [-0.05, 0) is 37.5 Å². The molecule has 1 aliphatic heterocycles. The number of aliphatic hydroxyl groups is 1. The van der Waals surface area contributed by atoms with Gasteiger partial charge in [-0.3, -0.25) is 14.4 Å². The molecule has 2 aromatic carbocycles. The van der Waals surface area contributed by atoms with Crippen LogP contribution in [0.1, 0.15) is 41.7 Å². The van der Waals surface area contributed by atoms with Crippen molar-refractivity contribution in [3.8, 4) is 0 Å². The molecule has 1 amide bonds. The third kappa shape index (κ3) is 5.15. The van der Waals surface area contributed by atoms with E-state index in [2.05, 4.69) is 5.32 Å². The van der Waals surface area contributed by atoms with Gasteiger partial charge in [-0.15, -0.1) is 0 Å². The van der Waals surface area contributed by atoms with Crippen molar-refractivity contribution < 1.29 is 28.3 Å². The van der Waals surface area contributed by atoms with Gasteiger partial charge in [0.05, 0.1) is 18.6 Å². The molecule has 6 nitrogen and oxygen atoms in total. The molecule has 2 fully saturated rings. The van der Waals surface area contributed by atoms with Crippen molar-refractivity contribution in [2.75, 3.05) is 0 Å². The first kappa shape index (κ1) is 23.5. The molecule has 2 atom stereocenters. The molecule has 0 spiro atoms. The number of rotatable bonds is 6. The highest BCUT2D eigenvalue weighted by Crippen LogP contribution is 2.40. The van der Waals surface area contributed by atoms with Gasteiger partial charge in [0.1, 0.15) is 16.9 Å². The van der Waals surface area contributed by atoms with Crippen LogP contribution < -0.4 is 5.32 Å². The first-order chi connectivity index (χ1) is 15.7. The summed E-state index contributed by atoms with van der Waals surface area (Å²) < 4.78 is 31.1. The van der Waals surface area contributed by atoms with E-state index in [4.69, 9.17) is 0 Å². The predicted molar refractivity (Wildman–Crippen MR) is 119 cm³/mol. The van der Waals surface area contributed by atoms with Crippen molar-refractivity contribution in [2.45, 2.75) is 56.2 Å². The van der Waals surface area contributed by atoms with Gasteiger partial charge < -0.3 is 10.4 Å². The summed E-state index contributed by atoms with van der Waals surface area (Å²) in [5, 5.41) is 11.2. The number of nitrogens with zero attached hydrogens (tertiary/aromatic N) is 1. The van der Waals surface area contributed by atoms with Crippen LogP contribution in [0.5, 0.6) is 0 Å². The van der Waals surface area contributed by atoms with E-state index in [9.17, 15) is 28.3 Å². The third-order valence-corrected chi connectivity index (χ3v) is 7.42. The minimum absolute atomic E-state index is 0.0343. The molecule has 0 aromatic heterocycles. The molecule has 0 radical (unpaired) electrons. The molecule has 1 saturated heterocycles. The Hall–Kier alpha value is -2.62. The molecule has 174 valence electrons. The van der Waals surface area contributed by atoms with Crippen LogP contribution in [0, 0.1) is 11.6 Å². The van der Waals surface area contributed by atoms with Crippen LogP contribution in [0.25, 0.3) is 0 Å². The molecule has 1 saturated carbocycles. The Labute approximate surface area is 194 Å². The Kier molecular flexibility index (Phi) is 6.92. The van der Waals surface area contributed by atoms with E-state index in [-0.39, 0.29) is 30.1 Å². The number of Topliss-reactive ketones (excluding diaryl/α,β-unsaturated/α-hetero) is 2. The number of hydrogen-bond acceptors (Lipinski definition) is 6. The first-order valence-electron chi connectivity index (χ1n) is 10.7. The highest BCUT2D eigenvalue weighted by molar-refractivity contribution is 7.98. The number of aliphatic hydroxyl groups excluding tert-OH is 1. The minimum Gasteiger partial charge on any atom is -0.393 e. The number of carbonyl (C=O) groups is 3. The van der Waals surface area contributed by atoms with Crippen LogP contribution in [-0.2, 0) is 27.3 Å². The van der Waals surface area contributed by atoms with E-state index in [1.54, 1.807) is 41.6 Å². The number of halogens is 2. The normalized spacial score (nSPS) is 25.6. The maximum Gasteiger partial charge on any atom is 0.224 e. The highest BCUT2D eigenvalue weighted by Gasteiger charge is 2.41. The van der Waals surface area contributed by atoms with Crippen molar-refractivity contribution in [3.05, 3.63) is 70.8 Å². The Morgan fingerprint density at radius 3 is 2.39 bits per heavy atom. The minimum atomic E-state index is -0.784. The number of ketones is 2. The van der Waals surface area contributed by atoms with Crippen molar-refractivity contribution in [2.24, 2.45) is 0 Å². The van der Waals surface area contributed by atoms with E-state index in [1.165, 1.54) is 0 Å². The molecule has 0 bridgehead atoms. The molecule has 2 aromatic rings. The number of carbonyl (C=O) groups excluding carboxylic acids is 3. The molecule has 0 unspecified atom stereocenters. The first-order valence-corrected chi connectivity index (χ1v) is 11.6. The van der Waals surface area contributed by atoms with Gasteiger partial charge in [-0.25, -0.2) is 13.1 Å². The number of amides is 1. The van der Waals surface area contributed by atoms with E-state index >= 15 is 0 Å². The second-order valence-electron chi connectivity index (χ2n) is 8.48. The molecule has 2 N–H and O–H groups in total. The van der Waals surface area contributed by atoms with Gasteiger partial charge >= 0.3 is 0 Å². The lowest BCUT2D eigenvalue weighted by atomic mass is 9.89. The summed E-state index contributed by atoms with van der Waals surface area (Å²) in [6.45, 7) is 1.49. The molecule has 2 aliphatic rings. The van der Waals surface area contributed by atoms with Crippen LogP contribution in [0.15, 0.2) is 42.5 Å². The Balaban J connectivity index is 1.47. The van der Waals surface area contributed by atoms with E-state index in [0.717, 1.165) is 24.1 Å². The molecule has 1 aliphatic carbocycles. The Morgan fingerprint density at radius 1 is 1.09 bits per heavy atom. The summed E-state index contributed by atoms with van der Waals surface area (Å²) in [4.78, 5) is 37.2. The van der Waals surface area contributed by atoms with Gasteiger partial charge in [0.25, 0.3) is 0 Å². The topological polar surface area (TPSA) is 86.7 Å². The van der Waals surface area contributed by atoms with Gasteiger partial charge in [-0.2, -0.15) is 0 Å². The zero-order valence-electron chi connectivity index (χ0n) is 18.0. The molecular weight excluding hydrogens is 450 g/mol. The summed E-state index contributed by atoms with van der Waals surface area (Å²) in [5.74, 6) is -2.92. The predicted octanol–water partition coefficient (Wildman–Crippen LogP) is 2.88. The van der Waals surface area contributed by atoms with Crippen LogP contribution in [0.4, 0.5) is 8.78 Å². The second-order valence-corrected chi connectivity index (χ2v) is 9.63. The van der Waals surface area contributed by atoms with Crippen molar-refractivity contribution in [1.29, 1.82) is 0 Å². The molecular formula is C24H24F2N2O4S. The van der Waals surface area contributed by atoms with Gasteiger partial charge in [0.2, 0.25) is 17.5 Å². The average molecular weight is 475 g/mol. The molecule has 1 heterocycles. The van der Waals surface area contributed by atoms with Crippen molar-refractivity contribution in [3.63, 3.8) is 0 Å². The molecule has 4 rings (SSSR count). The fourth-order valence-electron chi connectivity index (χ4n) is 3.97. The summed E-state index contributed by atoms with van der Waals surface area (Å²) >= 11 is 1.13. The summed E-state index contributed by atoms with van der Waals surface area (Å²) in [6.07, 6.45) is 0.173. The van der Waals surface area contributed by atoms with Crippen molar-refractivity contribution in [1.82, 2.24) is 9.62 Å². The van der Waals surface area contributed by atoms with E-state index in [0.29, 0.717) is 18.4 Å². The Morgan fingerprint density at radius 2 is 1.73 bits per heavy atom. The summed E-state index contributed by atoms with van der Waals surface area (Å²) in [5.41, 5.74) is 0.637. The second kappa shape index (κ2) is 9.70. The largest absolute Gasteiger partial charge is 0.393 e. The fraction of sp³-hybridized carbons (Fsp3) is 0.375. The lowest BCUT2D eigenvalue weighted by Crippen LogP contribution is -2.47. The van der Waals surface area contributed by atoms with Crippen molar-refractivity contribution >= 4 is 29.4 Å². The zero-order chi connectivity index (χ0) is 23.7. The molecule has 9 heteroatoms. The quantitative estimate of drug-likeness (QED) is 0.495. The lowest BCUT2D eigenvalue weighted by Gasteiger charge is -2.35. The SMILES string of the molecule is C[C@H]1C(=O)C(=O)[C@@H](c2ccccc2)SN1Cc1cc(F)c(CC(=O)NC2CC(O)C2)cc1F. The van der Waals surface area contributed by atoms with Crippen LogP contribution >= 0.6 is 11.9 Å². The maximum atomic E-state index is 14.8. The van der Waals surface area contributed by atoms with Gasteiger partial charge in [0, 0.05) is 23.7 Å². The molecule has 33 heavy (non-hydrogen) atoms. The number of nitrogens with one attached hydrogen (secondary N) is 1.